The fraction of sp³-hybridized carbons (Fsp3) is 0.556. The summed E-state index contributed by atoms with van der Waals surface area (Å²) in [5.41, 5.74) is 0.440. The summed E-state index contributed by atoms with van der Waals surface area (Å²) < 4.78 is 29.2. The van der Waals surface area contributed by atoms with Crippen LogP contribution in [0.4, 0.5) is 0 Å². The summed E-state index contributed by atoms with van der Waals surface area (Å²) in [6.45, 7) is 1.85. The van der Waals surface area contributed by atoms with Crippen molar-refractivity contribution in [3.8, 4) is 0 Å². The van der Waals surface area contributed by atoms with E-state index in [4.69, 9.17) is 9.56 Å². The molecule has 2 bridgehead atoms. The summed E-state index contributed by atoms with van der Waals surface area (Å²) in [4.78, 5) is 24.4. The van der Waals surface area contributed by atoms with Crippen molar-refractivity contribution in [1.82, 2.24) is 9.88 Å². The van der Waals surface area contributed by atoms with Gasteiger partial charge in [0.2, 0.25) is 15.9 Å². The third-order valence-electron chi connectivity index (χ3n) is 6.09. The summed E-state index contributed by atoms with van der Waals surface area (Å²) in [5.74, 6) is 1.03. The average molecular weight is 393 g/mol. The van der Waals surface area contributed by atoms with Gasteiger partial charge in [-0.3, -0.25) is 9.36 Å². The summed E-state index contributed by atoms with van der Waals surface area (Å²) in [6, 6.07) is 3.97. The zero-order chi connectivity index (χ0) is 19.3. The molecule has 4 atom stereocenters. The Balaban J connectivity index is 1.50. The first kappa shape index (κ1) is 18.2. The van der Waals surface area contributed by atoms with Crippen LogP contribution in [0.5, 0.6) is 0 Å². The Hall–Kier alpha value is -2.13. The summed E-state index contributed by atoms with van der Waals surface area (Å²) in [7, 11) is -3.90. The molecule has 2 aliphatic carbocycles. The van der Waals surface area contributed by atoms with Crippen LogP contribution < -0.4 is 16.2 Å². The molecule has 1 aromatic heterocycles. The highest BCUT2D eigenvalue weighted by Crippen LogP contribution is 2.49. The number of carbonyl (C=O) groups excluding carboxylic acids is 1. The lowest BCUT2D eigenvalue weighted by molar-refractivity contribution is -0.122. The molecule has 9 heteroatoms. The van der Waals surface area contributed by atoms with Crippen LogP contribution in [0.15, 0.2) is 32.3 Å². The lowest BCUT2D eigenvalue weighted by atomic mass is 9.84. The van der Waals surface area contributed by atoms with Gasteiger partial charge in [-0.05, 0) is 56.1 Å². The molecule has 2 aliphatic rings. The van der Waals surface area contributed by atoms with Crippen molar-refractivity contribution < 1.29 is 17.6 Å². The number of primary sulfonamides is 1. The van der Waals surface area contributed by atoms with Gasteiger partial charge in [0.1, 0.15) is 6.54 Å². The minimum absolute atomic E-state index is 0.0654. The monoisotopic (exact) mass is 393 g/mol. The van der Waals surface area contributed by atoms with E-state index < -0.39 is 15.8 Å². The molecule has 2 fully saturated rings. The molecular weight excluding hydrogens is 370 g/mol. The minimum Gasteiger partial charge on any atom is -0.408 e. The fourth-order valence-electron chi connectivity index (χ4n) is 4.83. The number of aromatic nitrogens is 1. The summed E-state index contributed by atoms with van der Waals surface area (Å²) >= 11 is 0. The highest BCUT2D eigenvalue weighted by molar-refractivity contribution is 7.89. The third kappa shape index (κ3) is 3.41. The second kappa shape index (κ2) is 6.49. The van der Waals surface area contributed by atoms with E-state index in [1.165, 1.54) is 42.0 Å². The van der Waals surface area contributed by atoms with Gasteiger partial charge in [-0.25, -0.2) is 18.4 Å². The number of nitrogens with one attached hydrogen (secondary N) is 1. The molecule has 1 heterocycles. The van der Waals surface area contributed by atoms with Crippen LogP contribution in [0.3, 0.4) is 0 Å². The van der Waals surface area contributed by atoms with Crippen molar-refractivity contribution in [3.05, 3.63) is 28.7 Å². The minimum atomic E-state index is -3.90. The molecule has 27 heavy (non-hydrogen) atoms. The van der Waals surface area contributed by atoms with Crippen molar-refractivity contribution in [2.75, 3.05) is 0 Å². The van der Waals surface area contributed by atoms with E-state index in [9.17, 15) is 18.0 Å². The van der Waals surface area contributed by atoms with Crippen LogP contribution >= 0.6 is 0 Å². The third-order valence-corrected chi connectivity index (χ3v) is 7.00. The van der Waals surface area contributed by atoms with Gasteiger partial charge in [-0.2, -0.15) is 0 Å². The SMILES string of the molecule is C[C@H](NC(=O)Cn1c(=O)oc2cc(S(N)(=O)=O)ccc21)[C@@H]1C[C@H]2CC[C@H]1C2. The smallest absolute Gasteiger partial charge is 0.408 e. The number of oxazole rings is 1. The van der Waals surface area contributed by atoms with Crippen LogP contribution in [0.2, 0.25) is 0 Å². The molecule has 146 valence electrons. The maximum atomic E-state index is 12.5. The number of rotatable bonds is 5. The van der Waals surface area contributed by atoms with E-state index in [-0.39, 0.29) is 29.0 Å². The Bertz CT molecular complexity index is 1050. The number of fused-ring (bicyclic) bond motifs is 3. The van der Waals surface area contributed by atoms with Gasteiger partial charge in [-0.15, -0.1) is 0 Å². The van der Waals surface area contributed by atoms with Crippen molar-refractivity contribution in [1.29, 1.82) is 0 Å². The van der Waals surface area contributed by atoms with Gasteiger partial charge >= 0.3 is 5.76 Å². The highest BCUT2D eigenvalue weighted by Gasteiger charge is 2.42. The molecule has 2 aromatic rings. The number of hydrogen-bond acceptors (Lipinski definition) is 5. The first-order valence-electron chi connectivity index (χ1n) is 9.18. The summed E-state index contributed by atoms with van der Waals surface area (Å²) in [5, 5.41) is 8.11. The quantitative estimate of drug-likeness (QED) is 0.789. The van der Waals surface area contributed by atoms with Gasteiger partial charge in [0.15, 0.2) is 5.58 Å². The van der Waals surface area contributed by atoms with Crippen molar-refractivity contribution in [2.45, 2.75) is 50.1 Å². The molecule has 0 saturated heterocycles. The Morgan fingerprint density at radius 1 is 1.37 bits per heavy atom. The largest absolute Gasteiger partial charge is 0.420 e. The van der Waals surface area contributed by atoms with E-state index in [0.29, 0.717) is 17.4 Å². The first-order chi connectivity index (χ1) is 12.7. The number of amides is 1. The molecular formula is C18H23N3O5S. The second-order valence-corrected chi connectivity index (χ2v) is 9.38. The highest BCUT2D eigenvalue weighted by atomic mass is 32.2. The normalized spacial score (nSPS) is 25.8. The van der Waals surface area contributed by atoms with Crippen molar-refractivity contribution in [2.24, 2.45) is 22.9 Å². The fourth-order valence-corrected chi connectivity index (χ4v) is 5.36. The van der Waals surface area contributed by atoms with Crippen LogP contribution in [-0.2, 0) is 21.4 Å². The van der Waals surface area contributed by atoms with E-state index in [0.717, 1.165) is 12.3 Å². The maximum Gasteiger partial charge on any atom is 0.420 e. The number of carbonyl (C=O) groups is 1. The van der Waals surface area contributed by atoms with Crippen LogP contribution in [-0.4, -0.2) is 24.9 Å². The Labute approximate surface area is 156 Å². The molecule has 0 aliphatic heterocycles. The standard InChI is InChI=1S/C18H23N3O5S/c1-10(14-7-11-2-3-12(14)6-11)20-17(22)9-21-15-5-4-13(27(19,24)25)8-16(15)26-18(21)23/h4-5,8,10-12,14H,2-3,6-7,9H2,1H3,(H,20,22)(H2,19,24,25)/t10-,11-,12-,14-/m0/s1. The molecule has 1 aromatic carbocycles. The Kier molecular flexibility index (Phi) is 4.38. The lowest BCUT2D eigenvalue weighted by Gasteiger charge is -2.28. The number of sulfonamides is 1. The number of hydrogen-bond donors (Lipinski definition) is 2. The van der Waals surface area contributed by atoms with E-state index in [1.54, 1.807) is 0 Å². The maximum absolute atomic E-state index is 12.5. The van der Waals surface area contributed by atoms with Crippen molar-refractivity contribution in [3.63, 3.8) is 0 Å². The molecule has 1 amide bonds. The van der Waals surface area contributed by atoms with Gasteiger partial charge in [0.25, 0.3) is 0 Å². The molecule has 4 rings (SSSR count). The molecule has 0 radical (unpaired) electrons. The van der Waals surface area contributed by atoms with E-state index >= 15 is 0 Å². The average Bonchev–Trinajstić information content (AvgIpc) is 3.28. The lowest BCUT2D eigenvalue weighted by Crippen LogP contribution is -2.42. The molecule has 0 spiro atoms. The Morgan fingerprint density at radius 2 is 2.15 bits per heavy atom. The summed E-state index contributed by atoms with van der Waals surface area (Å²) in [6.07, 6.45) is 4.98. The number of nitrogens with two attached hydrogens (primary N) is 1. The Morgan fingerprint density at radius 3 is 2.78 bits per heavy atom. The zero-order valence-corrected chi connectivity index (χ0v) is 15.9. The van der Waals surface area contributed by atoms with Crippen LogP contribution in [0, 0.1) is 17.8 Å². The zero-order valence-electron chi connectivity index (χ0n) is 15.1. The van der Waals surface area contributed by atoms with E-state index in [1.807, 2.05) is 6.92 Å². The topological polar surface area (TPSA) is 124 Å². The predicted octanol–water partition coefficient (Wildman–Crippen LogP) is 1.18. The van der Waals surface area contributed by atoms with E-state index in [2.05, 4.69) is 5.32 Å². The number of nitrogens with zero attached hydrogens (tertiary/aromatic N) is 1. The van der Waals surface area contributed by atoms with Gasteiger partial charge in [-0.1, -0.05) is 6.42 Å². The molecule has 2 saturated carbocycles. The number of benzene rings is 1. The molecule has 8 nitrogen and oxygen atoms in total. The second-order valence-electron chi connectivity index (χ2n) is 7.82. The van der Waals surface area contributed by atoms with Crippen LogP contribution in [0.1, 0.15) is 32.6 Å². The van der Waals surface area contributed by atoms with Crippen LogP contribution in [0.25, 0.3) is 11.1 Å². The molecule has 0 unspecified atom stereocenters. The first-order valence-corrected chi connectivity index (χ1v) is 10.7. The van der Waals surface area contributed by atoms with Crippen molar-refractivity contribution >= 4 is 27.0 Å². The predicted molar refractivity (Wildman–Crippen MR) is 98.4 cm³/mol. The van der Waals surface area contributed by atoms with Gasteiger partial charge < -0.3 is 9.73 Å². The van der Waals surface area contributed by atoms with Gasteiger partial charge in [0.05, 0.1) is 10.4 Å². The molecule has 3 N–H and O–H groups in total. The van der Waals surface area contributed by atoms with Gasteiger partial charge in [0, 0.05) is 12.1 Å².